The van der Waals surface area contributed by atoms with Gasteiger partial charge in [0.2, 0.25) is 5.91 Å². The molecule has 0 bridgehead atoms. The van der Waals surface area contributed by atoms with Gasteiger partial charge >= 0.3 is 6.29 Å². The molecule has 3 aromatic rings. The highest BCUT2D eigenvalue weighted by molar-refractivity contribution is 6.02. The van der Waals surface area contributed by atoms with Gasteiger partial charge < -0.3 is 24.5 Å². The Morgan fingerprint density at radius 2 is 1.82 bits per heavy atom. The molecule has 0 unspecified atom stereocenters. The lowest BCUT2D eigenvalue weighted by atomic mass is 9.92. The van der Waals surface area contributed by atoms with Crippen LogP contribution in [0.25, 0.3) is 10.9 Å². The first-order valence-electron chi connectivity index (χ1n) is 11.0. The Morgan fingerprint density at radius 3 is 2.48 bits per heavy atom. The molecule has 1 fully saturated rings. The summed E-state index contributed by atoms with van der Waals surface area (Å²) >= 11 is 0. The number of hydrogen-bond donors (Lipinski definition) is 2. The van der Waals surface area contributed by atoms with Crippen LogP contribution in [0.15, 0.2) is 42.5 Å². The van der Waals surface area contributed by atoms with Crippen molar-refractivity contribution in [3.8, 4) is 11.5 Å². The average Bonchev–Trinajstić information content (AvgIpc) is 3.37. The summed E-state index contributed by atoms with van der Waals surface area (Å²) in [6.07, 6.45) is -2.44. The van der Waals surface area contributed by atoms with Crippen molar-refractivity contribution >= 4 is 22.5 Å². The molecule has 2 N–H and O–H groups in total. The molecule has 0 spiro atoms. The molecular weight excluding hydrogens is 430 g/mol. The molecule has 0 saturated heterocycles. The standard InChI is InChI=1S/C25H26F2N2O4/c1-23(2,3)21-13-15-12-17(5-6-18(15)29(21)10-11-30)28-22(31)24(8-9-24)16-4-7-19-20(14-16)33-25(26,27)32-19/h4-7,12-14,30H,8-11H2,1-3H3,(H,28,31). The molecular formula is C25H26F2N2O4. The molecule has 2 aliphatic rings. The zero-order valence-electron chi connectivity index (χ0n) is 18.7. The maximum atomic E-state index is 13.4. The number of carbonyl (C=O) groups is 1. The quantitative estimate of drug-likeness (QED) is 0.572. The second kappa shape index (κ2) is 7.18. The fourth-order valence-electron chi connectivity index (χ4n) is 4.58. The molecule has 2 heterocycles. The summed E-state index contributed by atoms with van der Waals surface area (Å²) in [4.78, 5) is 13.2. The number of benzene rings is 2. The van der Waals surface area contributed by atoms with Gasteiger partial charge in [0.15, 0.2) is 11.5 Å². The smallest absolute Gasteiger partial charge is 0.395 e. The Morgan fingerprint density at radius 1 is 1.09 bits per heavy atom. The van der Waals surface area contributed by atoms with Crippen molar-refractivity contribution in [1.82, 2.24) is 4.57 Å². The average molecular weight is 456 g/mol. The van der Waals surface area contributed by atoms with Crippen LogP contribution >= 0.6 is 0 Å². The number of amides is 1. The van der Waals surface area contributed by atoms with Crippen molar-refractivity contribution in [2.24, 2.45) is 0 Å². The molecule has 8 heteroatoms. The molecule has 0 atom stereocenters. The lowest BCUT2D eigenvalue weighted by Gasteiger charge is -2.21. The first-order chi connectivity index (χ1) is 15.5. The first-order valence-corrected chi connectivity index (χ1v) is 11.0. The third-order valence-electron chi connectivity index (χ3n) is 6.39. The number of nitrogens with zero attached hydrogens (tertiary/aromatic N) is 1. The van der Waals surface area contributed by atoms with Crippen LogP contribution in [-0.4, -0.2) is 28.5 Å². The van der Waals surface area contributed by atoms with E-state index >= 15 is 0 Å². The maximum Gasteiger partial charge on any atom is 0.586 e. The highest BCUT2D eigenvalue weighted by atomic mass is 19.3. The van der Waals surface area contributed by atoms with Crippen LogP contribution in [0, 0.1) is 0 Å². The van der Waals surface area contributed by atoms with E-state index < -0.39 is 11.7 Å². The minimum Gasteiger partial charge on any atom is -0.395 e. The Bertz CT molecular complexity index is 1260. The van der Waals surface area contributed by atoms with Gasteiger partial charge in [-0.1, -0.05) is 26.8 Å². The molecule has 5 rings (SSSR count). The fourth-order valence-corrected chi connectivity index (χ4v) is 4.58. The molecule has 1 saturated carbocycles. The van der Waals surface area contributed by atoms with Gasteiger partial charge in [-0.3, -0.25) is 4.79 Å². The molecule has 1 aromatic heterocycles. The molecule has 2 aromatic carbocycles. The van der Waals surface area contributed by atoms with Gasteiger partial charge in [-0.25, -0.2) is 0 Å². The molecule has 174 valence electrons. The highest BCUT2D eigenvalue weighted by Crippen LogP contribution is 2.52. The Labute approximate surface area is 190 Å². The molecule has 1 amide bonds. The van der Waals surface area contributed by atoms with Crippen LogP contribution in [-0.2, 0) is 22.2 Å². The topological polar surface area (TPSA) is 72.7 Å². The van der Waals surface area contributed by atoms with E-state index in [1.54, 1.807) is 6.07 Å². The van der Waals surface area contributed by atoms with Gasteiger partial charge in [-0.15, -0.1) is 8.78 Å². The van der Waals surface area contributed by atoms with E-state index in [-0.39, 0.29) is 29.4 Å². The zero-order valence-corrected chi connectivity index (χ0v) is 18.7. The third-order valence-corrected chi connectivity index (χ3v) is 6.39. The number of aromatic nitrogens is 1. The van der Waals surface area contributed by atoms with E-state index in [1.807, 2.05) is 18.2 Å². The van der Waals surface area contributed by atoms with Crippen LogP contribution in [0.5, 0.6) is 11.5 Å². The number of aliphatic hydroxyl groups is 1. The summed E-state index contributed by atoms with van der Waals surface area (Å²) in [6.45, 7) is 6.89. The molecule has 0 radical (unpaired) electrons. The molecule has 1 aliphatic carbocycles. The van der Waals surface area contributed by atoms with E-state index in [2.05, 4.69) is 46.2 Å². The van der Waals surface area contributed by atoms with Gasteiger partial charge in [0.05, 0.1) is 12.0 Å². The number of alkyl halides is 2. The minimum atomic E-state index is -3.69. The van der Waals surface area contributed by atoms with Crippen molar-refractivity contribution in [2.75, 3.05) is 11.9 Å². The van der Waals surface area contributed by atoms with Crippen molar-refractivity contribution in [3.05, 3.63) is 53.7 Å². The predicted molar refractivity (Wildman–Crippen MR) is 120 cm³/mol. The number of hydrogen-bond acceptors (Lipinski definition) is 4. The Hall–Kier alpha value is -3.13. The van der Waals surface area contributed by atoms with Gasteiger partial charge in [-0.2, -0.15) is 0 Å². The fraction of sp³-hybridized carbons (Fsp3) is 0.400. The summed E-state index contributed by atoms with van der Waals surface area (Å²) in [5.74, 6) is -0.274. The lowest BCUT2D eigenvalue weighted by Crippen LogP contribution is -2.27. The number of halogens is 2. The minimum absolute atomic E-state index is 0.0348. The number of rotatable bonds is 5. The van der Waals surface area contributed by atoms with Gasteiger partial charge in [-0.05, 0) is 54.8 Å². The Balaban J connectivity index is 1.42. The second-order valence-corrected chi connectivity index (χ2v) is 9.79. The van der Waals surface area contributed by atoms with Crippen LogP contribution < -0.4 is 14.8 Å². The SMILES string of the molecule is CC(C)(C)c1cc2cc(NC(=O)C3(c4ccc5c(c4)OC(F)(F)O5)CC3)ccc2n1CCO. The van der Waals surface area contributed by atoms with Crippen molar-refractivity contribution in [3.63, 3.8) is 0 Å². The van der Waals surface area contributed by atoms with Crippen LogP contribution in [0.4, 0.5) is 14.5 Å². The number of carbonyl (C=O) groups excluding carboxylic acids is 1. The molecule has 1 aliphatic heterocycles. The van der Waals surface area contributed by atoms with E-state index in [4.69, 9.17) is 0 Å². The largest absolute Gasteiger partial charge is 0.586 e. The highest BCUT2D eigenvalue weighted by Gasteiger charge is 2.52. The maximum absolute atomic E-state index is 13.4. The number of aliphatic hydroxyl groups excluding tert-OH is 1. The predicted octanol–water partition coefficient (Wildman–Crippen LogP) is 4.92. The monoisotopic (exact) mass is 456 g/mol. The lowest BCUT2D eigenvalue weighted by molar-refractivity contribution is -0.286. The van der Waals surface area contributed by atoms with E-state index in [9.17, 15) is 18.7 Å². The number of fused-ring (bicyclic) bond motifs is 2. The van der Waals surface area contributed by atoms with Crippen molar-refractivity contribution in [2.45, 2.75) is 57.3 Å². The Kier molecular flexibility index (Phi) is 4.72. The normalized spacial score (nSPS) is 17.9. The summed E-state index contributed by atoms with van der Waals surface area (Å²) in [7, 11) is 0. The van der Waals surface area contributed by atoms with E-state index in [1.165, 1.54) is 12.1 Å². The number of ether oxygens (including phenoxy) is 2. The van der Waals surface area contributed by atoms with Crippen molar-refractivity contribution < 1.29 is 28.2 Å². The first kappa shape index (κ1) is 21.7. The molecule has 33 heavy (non-hydrogen) atoms. The molecule has 6 nitrogen and oxygen atoms in total. The van der Waals surface area contributed by atoms with Gasteiger partial charge in [0, 0.05) is 34.2 Å². The van der Waals surface area contributed by atoms with E-state index in [0.29, 0.717) is 30.6 Å². The number of anilines is 1. The van der Waals surface area contributed by atoms with Gasteiger partial charge in [0.1, 0.15) is 0 Å². The third kappa shape index (κ3) is 3.72. The summed E-state index contributed by atoms with van der Waals surface area (Å²) in [5, 5.41) is 13.5. The van der Waals surface area contributed by atoms with Crippen LogP contribution in [0.3, 0.4) is 0 Å². The summed E-state index contributed by atoms with van der Waals surface area (Å²) in [5.41, 5.74) is 2.50. The van der Waals surface area contributed by atoms with Crippen LogP contribution in [0.1, 0.15) is 44.9 Å². The van der Waals surface area contributed by atoms with Gasteiger partial charge in [0.25, 0.3) is 0 Å². The van der Waals surface area contributed by atoms with E-state index in [0.717, 1.165) is 16.6 Å². The summed E-state index contributed by atoms with van der Waals surface area (Å²) < 4.78 is 37.9. The van der Waals surface area contributed by atoms with Crippen molar-refractivity contribution in [1.29, 1.82) is 0 Å². The second-order valence-electron chi connectivity index (χ2n) is 9.79. The summed E-state index contributed by atoms with van der Waals surface area (Å²) in [6, 6.07) is 12.3. The zero-order chi connectivity index (χ0) is 23.6. The van der Waals surface area contributed by atoms with Crippen LogP contribution in [0.2, 0.25) is 0 Å². The number of nitrogens with one attached hydrogen (secondary N) is 1.